The van der Waals surface area contributed by atoms with Gasteiger partial charge in [0.2, 0.25) is 5.24 Å². The first-order valence-corrected chi connectivity index (χ1v) is 3.89. The predicted molar refractivity (Wildman–Crippen MR) is 37.8 cm³/mol. The Bertz CT molecular complexity index is 124. The van der Waals surface area contributed by atoms with Gasteiger partial charge in [0.1, 0.15) is 0 Å². The van der Waals surface area contributed by atoms with Crippen LogP contribution in [0.1, 0.15) is 12.8 Å². The number of carbonyl (C=O) groups is 1. The van der Waals surface area contributed by atoms with E-state index in [9.17, 15) is 4.79 Å². The second kappa shape index (κ2) is 2.89. The predicted octanol–water partition coefficient (Wildman–Crippen LogP) is 2.02. The van der Waals surface area contributed by atoms with Gasteiger partial charge in [0, 0.05) is 12.3 Å². The van der Waals surface area contributed by atoms with Crippen LogP contribution < -0.4 is 0 Å². The third-order valence-corrected chi connectivity index (χ3v) is 2.24. The molecule has 2 atom stereocenters. The van der Waals surface area contributed by atoms with Gasteiger partial charge in [-0.25, -0.2) is 0 Å². The highest BCUT2D eigenvalue weighted by Crippen LogP contribution is 2.42. The van der Waals surface area contributed by atoms with Crippen LogP contribution >= 0.6 is 23.2 Å². The second-order valence-electron chi connectivity index (χ2n) is 2.47. The van der Waals surface area contributed by atoms with Crippen LogP contribution in [0.15, 0.2) is 0 Å². The van der Waals surface area contributed by atoms with E-state index in [1.807, 2.05) is 0 Å². The minimum atomic E-state index is -0.229. The molecule has 0 heterocycles. The van der Waals surface area contributed by atoms with Crippen molar-refractivity contribution in [2.24, 2.45) is 11.8 Å². The monoisotopic (exact) mass is 166 g/mol. The molecule has 0 saturated heterocycles. The highest BCUT2D eigenvalue weighted by molar-refractivity contribution is 6.63. The summed E-state index contributed by atoms with van der Waals surface area (Å²) in [6.45, 7) is 0. The minimum Gasteiger partial charge on any atom is -0.281 e. The van der Waals surface area contributed by atoms with Crippen molar-refractivity contribution in [2.75, 3.05) is 5.88 Å². The zero-order valence-corrected chi connectivity index (χ0v) is 6.45. The molecule has 52 valence electrons. The van der Waals surface area contributed by atoms with Crippen molar-refractivity contribution in [3.8, 4) is 0 Å². The topological polar surface area (TPSA) is 17.1 Å². The van der Waals surface area contributed by atoms with E-state index in [2.05, 4.69) is 0 Å². The zero-order chi connectivity index (χ0) is 6.85. The molecule has 0 amide bonds. The van der Waals surface area contributed by atoms with Gasteiger partial charge in [0.05, 0.1) is 0 Å². The third-order valence-electron chi connectivity index (χ3n) is 1.69. The summed E-state index contributed by atoms with van der Waals surface area (Å²) in [7, 11) is 0. The molecule has 0 aromatic carbocycles. The van der Waals surface area contributed by atoms with Gasteiger partial charge in [-0.1, -0.05) is 0 Å². The van der Waals surface area contributed by atoms with Gasteiger partial charge >= 0.3 is 0 Å². The summed E-state index contributed by atoms with van der Waals surface area (Å²) in [4.78, 5) is 10.3. The molecule has 0 aromatic rings. The van der Waals surface area contributed by atoms with Gasteiger partial charge in [0.25, 0.3) is 0 Å². The standard InChI is InChI=1S/C6H8Cl2O/c7-3-5-1-4(5)2-6(8)9/h4-5H,1-3H2. The van der Waals surface area contributed by atoms with E-state index < -0.39 is 0 Å². The van der Waals surface area contributed by atoms with E-state index >= 15 is 0 Å². The molecule has 0 N–H and O–H groups in total. The first-order valence-electron chi connectivity index (χ1n) is 2.98. The molecule has 0 spiro atoms. The summed E-state index contributed by atoms with van der Waals surface area (Å²) in [5, 5.41) is -0.229. The normalized spacial score (nSPS) is 32.2. The molecule has 0 radical (unpaired) electrons. The van der Waals surface area contributed by atoms with Crippen molar-refractivity contribution >= 4 is 28.4 Å². The van der Waals surface area contributed by atoms with Crippen LogP contribution in [0.2, 0.25) is 0 Å². The lowest BCUT2D eigenvalue weighted by atomic mass is 10.3. The van der Waals surface area contributed by atoms with E-state index in [0.29, 0.717) is 24.1 Å². The first kappa shape index (κ1) is 7.36. The molecule has 0 bridgehead atoms. The van der Waals surface area contributed by atoms with Crippen molar-refractivity contribution in [1.82, 2.24) is 0 Å². The Labute approximate surface area is 64.3 Å². The average Bonchev–Trinajstić information content (AvgIpc) is 2.45. The summed E-state index contributed by atoms with van der Waals surface area (Å²) < 4.78 is 0. The number of alkyl halides is 1. The Hall–Kier alpha value is 0.250. The Morgan fingerprint density at radius 1 is 1.56 bits per heavy atom. The number of carbonyl (C=O) groups excluding carboxylic acids is 1. The quantitative estimate of drug-likeness (QED) is 0.464. The van der Waals surface area contributed by atoms with E-state index in [0.717, 1.165) is 6.42 Å². The van der Waals surface area contributed by atoms with Crippen molar-refractivity contribution < 1.29 is 4.79 Å². The molecular weight excluding hydrogens is 159 g/mol. The fraction of sp³-hybridized carbons (Fsp3) is 0.833. The summed E-state index contributed by atoms with van der Waals surface area (Å²) >= 11 is 10.7. The van der Waals surface area contributed by atoms with E-state index in [-0.39, 0.29) is 5.24 Å². The van der Waals surface area contributed by atoms with Gasteiger partial charge in [0.15, 0.2) is 0 Å². The molecule has 2 unspecified atom stereocenters. The SMILES string of the molecule is O=C(Cl)CC1CC1CCl. The minimum absolute atomic E-state index is 0.229. The maximum atomic E-state index is 10.3. The molecule has 1 saturated carbocycles. The highest BCUT2D eigenvalue weighted by Gasteiger charge is 2.36. The van der Waals surface area contributed by atoms with E-state index in [4.69, 9.17) is 23.2 Å². The van der Waals surface area contributed by atoms with E-state index in [1.54, 1.807) is 0 Å². The van der Waals surface area contributed by atoms with Crippen LogP contribution in [0.4, 0.5) is 0 Å². The van der Waals surface area contributed by atoms with Gasteiger partial charge in [-0.3, -0.25) is 4.79 Å². The number of rotatable bonds is 3. The lowest BCUT2D eigenvalue weighted by Crippen LogP contribution is -1.90. The maximum Gasteiger partial charge on any atom is 0.221 e. The molecule has 0 aliphatic heterocycles. The average molecular weight is 167 g/mol. The lowest BCUT2D eigenvalue weighted by molar-refractivity contribution is -0.112. The van der Waals surface area contributed by atoms with Gasteiger partial charge in [-0.15, -0.1) is 11.6 Å². The Morgan fingerprint density at radius 3 is 2.56 bits per heavy atom. The van der Waals surface area contributed by atoms with Crippen molar-refractivity contribution in [1.29, 1.82) is 0 Å². The fourth-order valence-corrected chi connectivity index (χ4v) is 1.53. The van der Waals surface area contributed by atoms with E-state index in [1.165, 1.54) is 0 Å². The highest BCUT2D eigenvalue weighted by atomic mass is 35.5. The van der Waals surface area contributed by atoms with Crippen LogP contribution in [0, 0.1) is 11.8 Å². The van der Waals surface area contributed by atoms with Crippen molar-refractivity contribution in [3.63, 3.8) is 0 Å². The Balaban J connectivity index is 2.12. The van der Waals surface area contributed by atoms with Crippen LogP contribution in [0.25, 0.3) is 0 Å². The maximum absolute atomic E-state index is 10.3. The van der Waals surface area contributed by atoms with Gasteiger partial charge in [-0.05, 0) is 29.9 Å². The fourth-order valence-electron chi connectivity index (χ4n) is 0.955. The van der Waals surface area contributed by atoms with Crippen LogP contribution in [0.5, 0.6) is 0 Å². The van der Waals surface area contributed by atoms with Gasteiger partial charge < -0.3 is 0 Å². The number of hydrogen-bond donors (Lipinski definition) is 0. The molecule has 1 rings (SSSR count). The first-order chi connectivity index (χ1) is 4.24. The zero-order valence-electron chi connectivity index (χ0n) is 4.94. The molecular formula is C6H8Cl2O. The molecule has 1 aliphatic carbocycles. The molecule has 1 fully saturated rings. The molecule has 3 heteroatoms. The second-order valence-corrected chi connectivity index (χ2v) is 3.20. The summed E-state index contributed by atoms with van der Waals surface area (Å²) in [5.41, 5.74) is 0. The van der Waals surface area contributed by atoms with Crippen molar-refractivity contribution in [3.05, 3.63) is 0 Å². The third kappa shape index (κ3) is 2.15. The van der Waals surface area contributed by atoms with Crippen molar-refractivity contribution in [2.45, 2.75) is 12.8 Å². The molecule has 0 aromatic heterocycles. The van der Waals surface area contributed by atoms with Crippen LogP contribution in [0.3, 0.4) is 0 Å². The molecule has 9 heavy (non-hydrogen) atoms. The Morgan fingerprint density at radius 2 is 2.22 bits per heavy atom. The molecule has 1 nitrogen and oxygen atoms in total. The smallest absolute Gasteiger partial charge is 0.221 e. The van der Waals surface area contributed by atoms with Crippen LogP contribution in [-0.2, 0) is 4.79 Å². The van der Waals surface area contributed by atoms with Crippen LogP contribution in [-0.4, -0.2) is 11.1 Å². The summed E-state index contributed by atoms with van der Waals surface area (Å²) in [6, 6.07) is 0. The van der Waals surface area contributed by atoms with Gasteiger partial charge in [-0.2, -0.15) is 0 Å². The summed E-state index contributed by atoms with van der Waals surface area (Å²) in [6.07, 6.45) is 1.60. The Kier molecular flexibility index (Phi) is 2.36. The number of halogens is 2. The summed E-state index contributed by atoms with van der Waals surface area (Å²) in [5.74, 6) is 1.73. The largest absolute Gasteiger partial charge is 0.281 e. The lowest BCUT2D eigenvalue weighted by Gasteiger charge is -1.87. The number of hydrogen-bond acceptors (Lipinski definition) is 1. The molecule has 1 aliphatic rings.